The second-order valence-corrected chi connectivity index (χ2v) is 8.93. The molecule has 0 spiro atoms. The zero-order valence-electron chi connectivity index (χ0n) is 18.8. The molecule has 2 amide bonds. The third-order valence-electron chi connectivity index (χ3n) is 5.38. The van der Waals surface area contributed by atoms with Crippen LogP contribution in [0.2, 0.25) is 0 Å². The summed E-state index contributed by atoms with van der Waals surface area (Å²) in [6.45, 7) is 8.96. The summed E-state index contributed by atoms with van der Waals surface area (Å²) in [7, 11) is 0. The van der Waals surface area contributed by atoms with Crippen molar-refractivity contribution >= 4 is 11.8 Å². The van der Waals surface area contributed by atoms with E-state index in [2.05, 4.69) is 24.1 Å². The van der Waals surface area contributed by atoms with E-state index in [0.29, 0.717) is 19.0 Å². The fourth-order valence-electron chi connectivity index (χ4n) is 4.06. The fraction of sp³-hybridized carbons (Fsp3) is 0.500. The van der Waals surface area contributed by atoms with Gasteiger partial charge < -0.3 is 14.8 Å². The first kappa shape index (κ1) is 22.7. The average molecular weight is 425 g/mol. The molecule has 7 heteroatoms. The van der Waals surface area contributed by atoms with Crippen LogP contribution in [0.1, 0.15) is 79.3 Å². The molecule has 2 aromatic heterocycles. The van der Waals surface area contributed by atoms with Gasteiger partial charge in [-0.05, 0) is 50.7 Å². The number of piperidine rings is 1. The molecule has 166 valence electrons. The summed E-state index contributed by atoms with van der Waals surface area (Å²) < 4.78 is 1.79. The van der Waals surface area contributed by atoms with Crippen molar-refractivity contribution in [3.8, 4) is 0 Å². The number of aromatic nitrogens is 2. The van der Waals surface area contributed by atoms with E-state index < -0.39 is 11.3 Å². The topological polar surface area (TPSA) is 84.3 Å². The summed E-state index contributed by atoms with van der Waals surface area (Å²) in [5.41, 5.74) is 0.508. The van der Waals surface area contributed by atoms with Gasteiger partial charge in [-0.25, -0.2) is 0 Å². The number of nitrogens with zero attached hydrogens (tertiary/aromatic N) is 3. The molecule has 0 aromatic carbocycles. The van der Waals surface area contributed by atoms with Gasteiger partial charge in [-0.1, -0.05) is 19.9 Å². The molecule has 0 bridgehead atoms. The number of amides is 2. The van der Waals surface area contributed by atoms with Crippen LogP contribution in [0.5, 0.6) is 0 Å². The minimum absolute atomic E-state index is 0.00939. The Morgan fingerprint density at radius 2 is 1.90 bits per heavy atom. The van der Waals surface area contributed by atoms with Crippen molar-refractivity contribution in [2.45, 2.75) is 65.6 Å². The molecule has 1 aliphatic rings. The van der Waals surface area contributed by atoms with Crippen molar-refractivity contribution in [2.75, 3.05) is 6.54 Å². The van der Waals surface area contributed by atoms with Crippen molar-refractivity contribution < 1.29 is 9.59 Å². The van der Waals surface area contributed by atoms with Crippen LogP contribution in [0.4, 0.5) is 0 Å². The van der Waals surface area contributed by atoms with Crippen LogP contribution in [0, 0.1) is 5.92 Å². The smallest absolute Gasteiger partial charge is 0.259 e. The monoisotopic (exact) mass is 424 g/mol. The molecule has 0 radical (unpaired) electrons. The highest BCUT2D eigenvalue weighted by Gasteiger charge is 2.31. The molecular weight excluding hydrogens is 392 g/mol. The molecule has 2 aromatic rings. The first-order valence-electron chi connectivity index (χ1n) is 11.0. The van der Waals surface area contributed by atoms with Gasteiger partial charge in [-0.15, -0.1) is 0 Å². The minimum atomic E-state index is -0.515. The highest BCUT2D eigenvalue weighted by molar-refractivity contribution is 5.99. The van der Waals surface area contributed by atoms with E-state index in [1.807, 2.05) is 26.0 Å². The number of carbonyl (C=O) groups excluding carboxylic acids is 2. The summed E-state index contributed by atoms with van der Waals surface area (Å²) in [6.07, 6.45) is 9.37. The Morgan fingerprint density at radius 1 is 1.16 bits per heavy atom. The van der Waals surface area contributed by atoms with E-state index in [4.69, 9.17) is 0 Å². The quantitative estimate of drug-likeness (QED) is 0.770. The Hall–Kier alpha value is -2.96. The normalized spacial score (nSPS) is 16.6. The zero-order chi connectivity index (χ0) is 22.5. The number of pyridine rings is 2. The fourth-order valence-corrected chi connectivity index (χ4v) is 4.06. The lowest BCUT2D eigenvalue weighted by Crippen LogP contribution is -2.42. The van der Waals surface area contributed by atoms with Gasteiger partial charge in [-0.2, -0.15) is 0 Å². The number of hydrogen-bond acceptors (Lipinski definition) is 4. The maximum Gasteiger partial charge on any atom is 0.259 e. The third-order valence-corrected chi connectivity index (χ3v) is 5.38. The summed E-state index contributed by atoms with van der Waals surface area (Å²) in [6, 6.07) is 3.59. The van der Waals surface area contributed by atoms with Gasteiger partial charge in [0, 0.05) is 43.9 Å². The van der Waals surface area contributed by atoms with Gasteiger partial charge >= 0.3 is 0 Å². The maximum absolute atomic E-state index is 13.6. The van der Waals surface area contributed by atoms with E-state index in [-0.39, 0.29) is 29.1 Å². The van der Waals surface area contributed by atoms with Crippen LogP contribution in [-0.2, 0) is 6.54 Å². The van der Waals surface area contributed by atoms with E-state index in [9.17, 15) is 14.4 Å². The van der Waals surface area contributed by atoms with E-state index in [1.54, 1.807) is 34.3 Å². The molecule has 3 heterocycles. The third kappa shape index (κ3) is 5.40. The van der Waals surface area contributed by atoms with Gasteiger partial charge in [0.1, 0.15) is 11.1 Å². The molecule has 31 heavy (non-hydrogen) atoms. The lowest BCUT2D eigenvalue weighted by molar-refractivity contribution is 0.0608. The molecule has 1 fully saturated rings. The first-order chi connectivity index (χ1) is 14.8. The number of likely N-dealkylation sites (tertiary alicyclic amines) is 1. The number of nitrogens with one attached hydrogen (secondary N) is 1. The SMILES string of the molecule is CC(C)Cn1cc(C(=O)NC(C)C)c(=O)c(C(=O)N2CCCCC2c2cccnc2)c1. The Labute approximate surface area is 183 Å². The highest BCUT2D eigenvalue weighted by Crippen LogP contribution is 2.31. The molecule has 1 saturated heterocycles. The molecular formula is C24H32N4O3. The van der Waals surface area contributed by atoms with Crippen molar-refractivity contribution in [1.29, 1.82) is 0 Å². The minimum Gasteiger partial charge on any atom is -0.352 e. The lowest BCUT2D eigenvalue weighted by Gasteiger charge is -2.36. The van der Waals surface area contributed by atoms with Gasteiger partial charge in [0.25, 0.3) is 11.8 Å². The summed E-state index contributed by atoms with van der Waals surface area (Å²) in [5.74, 6) is -0.477. The van der Waals surface area contributed by atoms with E-state index in [1.165, 1.54) is 0 Å². The van der Waals surface area contributed by atoms with E-state index >= 15 is 0 Å². The summed E-state index contributed by atoms with van der Waals surface area (Å²) in [5, 5.41) is 2.78. The van der Waals surface area contributed by atoms with Gasteiger partial charge in [0.15, 0.2) is 0 Å². The van der Waals surface area contributed by atoms with Crippen LogP contribution in [0.15, 0.2) is 41.7 Å². The zero-order valence-corrected chi connectivity index (χ0v) is 18.8. The van der Waals surface area contributed by atoms with Gasteiger partial charge in [-0.3, -0.25) is 19.4 Å². The predicted molar refractivity (Wildman–Crippen MR) is 120 cm³/mol. The van der Waals surface area contributed by atoms with Crippen LogP contribution in [-0.4, -0.2) is 38.9 Å². The molecule has 1 atom stereocenters. The first-order valence-corrected chi connectivity index (χ1v) is 11.0. The molecule has 1 aliphatic heterocycles. The molecule has 3 rings (SSSR count). The Kier molecular flexibility index (Phi) is 7.25. The van der Waals surface area contributed by atoms with Gasteiger partial charge in [0.05, 0.1) is 6.04 Å². The van der Waals surface area contributed by atoms with E-state index in [0.717, 1.165) is 24.8 Å². The van der Waals surface area contributed by atoms with Crippen molar-refractivity contribution in [3.63, 3.8) is 0 Å². The Balaban J connectivity index is 2.03. The van der Waals surface area contributed by atoms with Crippen molar-refractivity contribution in [1.82, 2.24) is 19.8 Å². The van der Waals surface area contributed by atoms with Crippen LogP contribution >= 0.6 is 0 Å². The largest absolute Gasteiger partial charge is 0.352 e. The Bertz CT molecular complexity index is 982. The molecule has 1 unspecified atom stereocenters. The number of carbonyl (C=O) groups is 2. The molecule has 7 nitrogen and oxygen atoms in total. The van der Waals surface area contributed by atoms with Crippen molar-refractivity contribution in [2.24, 2.45) is 5.92 Å². The molecule has 0 aliphatic carbocycles. The summed E-state index contributed by atoms with van der Waals surface area (Å²) >= 11 is 0. The predicted octanol–water partition coefficient (Wildman–Crippen LogP) is 3.40. The maximum atomic E-state index is 13.6. The second-order valence-electron chi connectivity index (χ2n) is 8.93. The van der Waals surface area contributed by atoms with Crippen molar-refractivity contribution in [3.05, 3.63) is 63.8 Å². The summed E-state index contributed by atoms with van der Waals surface area (Å²) in [4.78, 5) is 45.5. The number of hydrogen-bond donors (Lipinski definition) is 1. The Morgan fingerprint density at radius 3 is 2.55 bits per heavy atom. The highest BCUT2D eigenvalue weighted by atomic mass is 16.2. The number of rotatable bonds is 6. The van der Waals surface area contributed by atoms with Crippen LogP contribution < -0.4 is 10.7 Å². The standard InChI is InChI=1S/C24H32N4O3/c1-16(2)13-27-14-19(23(30)26-17(3)4)22(29)20(15-27)24(31)28-11-6-5-9-21(28)18-8-7-10-25-12-18/h7-8,10,12,14-17,21H,5-6,9,11,13H2,1-4H3,(H,26,30). The molecule has 0 saturated carbocycles. The van der Waals surface area contributed by atoms with Gasteiger partial charge in [0.2, 0.25) is 5.43 Å². The lowest BCUT2D eigenvalue weighted by atomic mass is 9.95. The van der Waals surface area contributed by atoms with Crippen LogP contribution in [0.3, 0.4) is 0 Å². The second kappa shape index (κ2) is 9.90. The molecule has 1 N–H and O–H groups in total. The average Bonchev–Trinajstić information content (AvgIpc) is 2.74. The van der Waals surface area contributed by atoms with Crippen LogP contribution in [0.25, 0.3) is 0 Å².